The van der Waals surface area contributed by atoms with E-state index in [0.29, 0.717) is 23.9 Å². The second kappa shape index (κ2) is 9.09. The summed E-state index contributed by atoms with van der Waals surface area (Å²) in [7, 11) is 0. The maximum absolute atomic E-state index is 13.6. The molecule has 3 atom stereocenters. The molecule has 0 unspecified atom stereocenters. The highest BCUT2D eigenvalue weighted by molar-refractivity contribution is 6.07. The second-order valence-corrected chi connectivity index (χ2v) is 9.84. The average molecular weight is 457 g/mol. The van der Waals surface area contributed by atoms with E-state index >= 15 is 0 Å². The maximum Gasteiger partial charge on any atom is 0.291 e. The van der Waals surface area contributed by atoms with Crippen molar-refractivity contribution in [3.8, 4) is 0 Å². The van der Waals surface area contributed by atoms with Gasteiger partial charge in [-0.15, -0.1) is 0 Å². The quantitative estimate of drug-likeness (QED) is 0.475. The van der Waals surface area contributed by atoms with Gasteiger partial charge >= 0.3 is 0 Å². The number of aromatic nitrogens is 3. The van der Waals surface area contributed by atoms with Crippen molar-refractivity contribution < 1.29 is 4.79 Å². The van der Waals surface area contributed by atoms with Gasteiger partial charge in [0.25, 0.3) is 5.56 Å². The van der Waals surface area contributed by atoms with Crippen LogP contribution in [0.5, 0.6) is 0 Å². The van der Waals surface area contributed by atoms with Gasteiger partial charge in [-0.1, -0.05) is 69.2 Å². The molecule has 1 fully saturated rings. The number of fused-ring (bicyclic) bond motifs is 3. The van der Waals surface area contributed by atoms with Crippen LogP contribution in [-0.2, 0) is 17.9 Å². The number of carbonyl (C=O) groups excluding carboxylic acids is 1. The van der Waals surface area contributed by atoms with Crippen molar-refractivity contribution >= 4 is 27.7 Å². The fourth-order valence-corrected chi connectivity index (χ4v) is 5.40. The lowest BCUT2D eigenvalue weighted by Crippen LogP contribution is -2.45. The molecule has 2 aromatic carbocycles. The van der Waals surface area contributed by atoms with Crippen LogP contribution in [0.25, 0.3) is 21.8 Å². The first-order valence-electron chi connectivity index (χ1n) is 12.2. The number of carbonyl (C=O) groups is 1. The minimum atomic E-state index is -0.234. The van der Waals surface area contributed by atoms with Crippen molar-refractivity contribution in [2.45, 2.75) is 59.2 Å². The zero-order chi connectivity index (χ0) is 23.8. The molecule has 176 valence electrons. The Morgan fingerprint density at radius 1 is 1.06 bits per heavy atom. The summed E-state index contributed by atoms with van der Waals surface area (Å²) in [6.07, 6.45) is 5.05. The van der Waals surface area contributed by atoms with Crippen molar-refractivity contribution in [1.29, 1.82) is 0 Å². The molecule has 1 aliphatic rings. The van der Waals surface area contributed by atoms with Crippen LogP contribution in [0.4, 0.5) is 0 Å². The number of benzene rings is 2. The molecule has 1 amide bonds. The van der Waals surface area contributed by atoms with Gasteiger partial charge in [0.05, 0.1) is 6.20 Å². The van der Waals surface area contributed by atoms with E-state index in [-0.39, 0.29) is 24.1 Å². The summed E-state index contributed by atoms with van der Waals surface area (Å²) < 4.78 is 3.37. The highest BCUT2D eigenvalue weighted by atomic mass is 16.2. The van der Waals surface area contributed by atoms with Crippen molar-refractivity contribution in [2.75, 3.05) is 0 Å². The third kappa shape index (κ3) is 4.02. The SMILES string of the molecule is Cc1ccccc1Cn1c2ccccc2c2cnn(CC(=O)N[C@@H]3CCC[C@@H](C)[C@@H]3C)c(=O)c21. The Balaban J connectivity index is 1.52. The van der Waals surface area contributed by atoms with Crippen LogP contribution in [0.2, 0.25) is 0 Å². The Hall–Kier alpha value is -3.41. The molecule has 1 saturated carbocycles. The summed E-state index contributed by atoms with van der Waals surface area (Å²) in [5.74, 6) is 0.872. The van der Waals surface area contributed by atoms with Crippen LogP contribution in [0.15, 0.2) is 59.5 Å². The molecule has 1 N–H and O–H groups in total. The molecular formula is C28H32N4O2. The normalized spacial score (nSPS) is 20.6. The second-order valence-electron chi connectivity index (χ2n) is 9.84. The van der Waals surface area contributed by atoms with Gasteiger partial charge in [0, 0.05) is 28.9 Å². The number of rotatable bonds is 5. The molecule has 5 rings (SSSR count). The van der Waals surface area contributed by atoms with Gasteiger partial charge in [-0.25, -0.2) is 4.68 Å². The van der Waals surface area contributed by atoms with Crippen molar-refractivity contribution in [2.24, 2.45) is 11.8 Å². The first kappa shape index (κ1) is 22.4. The van der Waals surface area contributed by atoms with Gasteiger partial charge in [0.2, 0.25) is 5.91 Å². The van der Waals surface area contributed by atoms with E-state index in [1.165, 1.54) is 16.7 Å². The summed E-state index contributed by atoms with van der Waals surface area (Å²) in [5.41, 5.74) is 3.69. The lowest BCUT2D eigenvalue weighted by atomic mass is 9.78. The van der Waals surface area contributed by atoms with Gasteiger partial charge in [0.1, 0.15) is 12.1 Å². The van der Waals surface area contributed by atoms with E-state index in [9.17, 15) is 9.59 Å². The van der Waals surface area contributed by atoms with Gasteiger partial charge < -0.3 is 9.88 Å². The molecule has 6 nitrogen and oxygen atoms in total. The fourth-order valence-electron chi connectivity index (χ4n) is 5.40. The standard InChI is InChI=1S/C28H32N4O2/c1-18-10-8-13-24(20(18)3)30-26(33)17-32-28(34)27-23(15-29-32)22-12-6-7-14-25(22)31(27)16-21-11-5-4-9-19(21)2/h4-7,9,11-12,14-15,18,20,24H,8,10,13,16-17H2,1-3H3,(H,30,33)/t18-,20+,24-/m1/s1. The Bertz CT molecular complexity index is 1420. The monoisotopic (exact) mass is 456 g/mol. The van der Waals surface area contributed by atoms with Crippen LogP contribution < -0.4 is 10.9 Å². The van der Waals surface area contributed by atoms with Crippen molar-refractivity contribution in [3.63, 3.8) is 0 Å². The van der Waals surface area contributed by atoms with E-state index in [1.54, 1.807) is 6.20 Å². The fraction of sp³-hybridized carbons (Fsp3) is 0.393. The van der Waals surface area contributed by atoms with Crippen LogP contribution in [-0.4, -0.2) is 26.3 Å². The molecule has 2 heterocycles. The smallest absolute Gasteiger partial charge is 0.291 e. The maximum atomic E-state index is 13.6. The number of hydrogen-bond donors (Lipinski definition) is 1. The van der Waals surface area contributed by atoms with Crippen molar-refractivity contribution in [3.05, 3.63) is 76.2 Å². The molecule has 2 aromatic heterocycles. The molecule has 4 aromatic rings. The first-order chi connectivity index (χ1) is 16.4. The number of aryl methyl sites for hydroxylation is 1. The first-order valence-corrected chi connectivity index (χ1v) is 12.2. The number of amides is 1. The van der Waals surface area contributed by atoms with E-state index < -0.39 is 0 Å². The molecule has 6 heteroatoms. The Labute approximate surface area is 199 Å². The molecule has 34 heavy (non-hydrogen) atoms. The third-order valence-electron chi connectivity index (χ3n) is 7.71. The number of nitrogens with one attached hydrogen (secondary N) is 1. The highest BCUT2D eigenvalue weighted by Crippen LogP contribution is 2.30. The number of nitrogens with zero attached hydrogens (tertiary/aromatic N) is 3. The number of hydrogen-bond acceptors (Lipinski definition) is 3. The Morgan fingerprint density at radius 3 is 2.65 bits per heavy atom. The van der Waals surface area contributed by atoms with Crippen LogP contribution >= 0.6 is 0 Å². The summed E-state index contributed by atoms with van der Waals surface area (Å²) in [6.45, 7) is 7.05. The molecule has 1 aliphatic carbocycles. The van der Waals surface area contributed by atoms with Crippen molar-refractivity contribution in [1.82, 2.24) is 19.7 Å². The van der Waals surface area contributed by atoms with Gasteiger partial charge in [0.15, 0.2) is 0 Å². The predicted molar refractivity (Wildman–Crippen MR) is 136 cm³/mol. The Kier molecular flexibility index (Phi) is 5.98. The molecular weight excluding hydrogens is 424 g/mol. The minimum absolute atomic E-state index is 0.0712. The molecule has 0 aliphatic heterocycles. The Morgan fingerprint density at radius 2 is 1.82 bits per heavy atom. The molecule has 0 bridgehead atoms. The van der Waals surface area contributed by atoms with E-state index in [1.807, 2.05) is 36.4 Å². The van der Waals surface area contributed by atoms with Crippen LogP contribution in [0.1, 0.15) is 44.2 Å². The molecule has 0 radical (unpaired) electrons. The lowest BCUT2D eigenvalue weighted by molar-refractivity contribution is -0.123. The molecule has 0 saturated heterocycles. The van der Waals surface area contributed by atoms with Crippen LogP contribution in [0, 0.1) is 18.8 Å². The summed E-state index contributed by atoms with van der Waals surface area (Å²) in [5, 5.41) is 9.37. The van der Waals surface area contributed by atoms with E-state index in [2.05, 4.69) is 47.9 Å². The van der Waals surface area contributed by atoms with Gasteiger partial charge in [-0.3, -0.25) is 9.59 Å². The largest absolute Gasteiger partial charge is 0.351 e. The lowest BCUT2D eigenvalue weighted by Gasteiger charge is -2.34. The van der Waals surface area contributed by atoms with Crippen LogP contribution in [0.3, 0.4) is 0 Å². The number of para-hydroxylation sites is 1. The van der Waals surface area contributed by atoms with Gasteiger partial charge in [-0.05, 0) is 42.4 Å². The van der Waals surface area contributed by atoms with E-state index in [0.717, 1.165) is 34.7 Å². The minimum Gasteiger partial charge on any atom is -0.351 e. The zero-order valence-electron chi connectivity index (χ0n) is 20.1. The third-order valence-corrected chi connectivity index (χ3v) is 7.71. The average Bonchev–Trinajstić information content (AvgIpc) is 3.14. The predicted octanol–water partition coefficient (Wildman–Crippen LogP) is 4.65. The topological polar surface area (TPSA) is 68.9 Å². The van der Waals surface area contributed by atoms with Gasteiger partial charge in [-0.2, -0.15) is 5.10 Å². The highest BCUT2D eigenvalue weighted by Gasteiger charge is 2.28. The zero-order valence-corrected chi connectivity index (χ0v) is 20.1. The van der Waals surface area contributed by atoms with E-state index in [4.69, 9.17) is 0 Å². The summed E-state index contributed by atoms with van der Waals surface area (Å²) >= 11 is 0. The summed E-state index contributed by atoms with van der Waals surface area (Å²) in [6, 6.07) is 16.4. The molecule has 0 spiro atoms. The summed E-state index contributed by atoms with van der Waals surface area (Å²) in [4.78, 5) is 26.5.